The van der Waals surface area contributed by atoms with E-state index < -0.39 is 0 Å². The Balaban J connectivity index is 2.87. The molecule has 0 saturated carbocycles. The van der Waals surface area contributed by atoms with Gasteiger partial charge < -0.3 is 0 Å². The molecular formula is C12H23ClN4. The van der Waals surface area contributed by atoms with Crippen molar-refractivity contribution in [1.82, 2.24) is 15.2 Å². The maximum absolute atomic E-state index is 6.14. The average molecular weight is 259 g/mol. The fraction of sp³-hybridized carbons (Fsp3) is 0.750. The Morgan fingerprint density at radius 3 is 2.47 bits per heavy atom. The summed E-state index contributed by atoms with van der Waals surface area (Å²) < 4.78 is 1.78. The zero-order valence-corrected chi connectivity index (χ0v) is 12.0. The maximum atomic E-state index is 6.14. The van der Waals surface area contributed by atoms with E-state index in [1.54, 1.807) is 10.9 Å². The van der Waals surface area contributed by atoms with E-state index in [1.165, 1.54) is 0 Å². The Bertz CT molecular complexity index is 348. The maximum Gasteiger partial charge on any atom is 0.0834 e. The second-order valence-corrected chi connectivity index (χ2v) is 6.13. The van der Waals surface area contributed by atoms with Crippen molar-refractivity contribution in [3.05, 3.63) is 16.9 Å². The SMILES string of the molecule is CC(CC(NN)c1c(Cl)cnn1C)C(C)(C)C. The monoisotopic (exact) mass is 258 g/mol. The lowest BCUT2D eigenvalue weighted by atomic mass is 9.78. The summed E-state index contributed by atoms with van der Waals surface area (Å²) in [6, 6.07) is 0.0317. The molecule has 0 aliphatic heterocycles. The molecule has 0 aromatic carbocycles. The quantitative estimate of drug-likeness (QED) is 0.645. The fourth-order valence-corrected chi connectivity index (χ4v) is 2.08. The lowest BCUT2D eigenvalue weighted by Crippen LogP contribution is -2.33. The van der Waals surface area contributed by atoms with E-state index in [4.69, 9.17) is 17.4 Å². The second-order valence-electron chi connectivity index (χ2n) is 5.72. The molecule has 1 aromatic heterocycles. The molecule has 0 aliphatic rings. The molecule has 17 heavy (non-hydrogen) atoms. The van der Waals surface area contributed by atoms with Gasteiger partial charge in [0.25, 0.3) is 0 Å². The minimum atomic E-state index is 0.0317. The smallest absolute Gasteiger partial charge is 0.0834 e. The largest absolute Gasteiger partial charge is 0.271 e. The van der Waals surface area contributed by atoms with Gasteiger partial charge in [0.15, 0.2) is 0 Å². The fourth-order valence-electron chi connectivity index (χ4n) is 1.78. The molecule has 98 valence electrons. The molecule has 0 bridgehead atoms. The highest BCUT2D eigenvalue weighted by molar-refractivity contribution is 6.31. The van der Waals surface area contributed by atoms with Crippen LogP contribution in [0.1, 0.15) is 45.9 Å². The number of nitrogens with zero attached hydrogens (tertiary/aromatic N) is 2. The van der Waals surface area contributed by atoms with Gasteiger partial charge in [-0.25, -0.2) is 0 Å². The number of aromatic nitrogens is 2. The summed E-state index contributed by atoms with van der Waals surface area (Å²) in [4.78, 5) is 0. The van der Waals surface area contributed by atoms with Gasteiger partial charge in [-0.2, -0.15) is 5.10 Å². The van der Waals surface area contributed by atoms with Crippen molar-refractivity contribution in [3.8, 4) is 0 Å². The van der Waals surface area contributed by atoms with Crippen LogP contribution in [0, 0.1) is 11.3 Å². The van der Waals surface area contributed by atoms with Crippen molar-refractivity contribution in [2.24, 2.45) is 24.2 Å². The zero-order valence-electron chi connectivity index (χ0n) is 11.3. The van der Waals surface area contributed by atoms with Crippen LogP contribution in [0.25, 0.3) is 0 Å². The van der Waals surface area contributed by atoms with Crippen LogP contribution in [0.15, 0.2) is 6.20 Å². The molecule has 3 N–H and O–H groups in total. The molecule has 0 aliphatic carbocycles. The number of nitrogens with two attached hydrogens (primary N) is 1. The number of hydrogen-bond donors (Lipinski definition) is 2. The molecule has 0 radical (unpaired) electrons. The van der Waals surface area contributed by atoms with Crippen LogP contribution in [-0.4, -0.2) is 9.78 Å². The van der Waals surface area contributed by atoms with Crippen LogP contribution in [0.2, 0.25) is 5.02 Å². The Labute approximate surface area is 108 Å². The third-order valence-corrected chi connectivity index (χ3v) is 3.83. The molecule has 0 fully saturated rings. The number of rotatable bonds is 4. The van der Waals surface area contributed by atoms with Crippen LogP contribution in [-0.2, 0) is 7.05 Å². The molecule has 2 atom stereocenters. The molecule has 0 amide bonds. The van der Waals surface area contributed by atoms with Gasteiger partial charge in [0, 0.05) is 7.05 Å². The van der Waals surface area contributed by atoms with Crippen LogP contribution in [0.4, 0.5) is 0 Å². The van der Waals surface area contributed by atoms with E-state index in [1.807, 2.05) is 7.05 Å². The summed E-state index contributed by atoms with van der Waals surface area (Å²) in [6.07, 6.45) is 2.59. The van der Waals surface area contributed by atoms with Gasteiger partial charge in [-0.3, -0.25) is 16.0 Å². The molecule has 0 saturated heterocycles. The van der Waals surface area contributed by atoms with E-state index in [0.29, 0.717) is 10.9 Å². The van der Waals surface area contributed by atoms with Crippen molar-refractivity contribution in [1.29, 1.82) is 0 Å². The van der Waals surface area contributed by atoms with E-state index >= 15 is 0 Å². The molecular weight excluding hydrogens is 236 g/mol. The summed E-state index contributed by atoms with van der Waals surface area (Å²) in [5.74, 6) is 6.17. The van der Waals surface area contributed by atoms with Crippen molar-refractivity contribution >= 4 is 11.6 Å². The van der Waals surface area contributed by atoms with Crippen molar-refractivity contribution in [2.75, 3.05) is 0 Å². The number of nitrogens with one attached hydrogen (secondary N) is 1. The van der Waals surface area contributed by atoms with Crippen LogP contribution >= 0.6 is 11.6 Å². The highest BCUT2D eigenvalue weighted by Gasteiger charge is 2.26. The first kappa shape index (κ1) is 14.5. The Kier molecular flexibility index (Phi) is 4.58. The molecule has 1 heterocycles. The standard InChI is InChI=1S/C12H23ClN4/c1-8(12(2,3)4)6-10(16-14)11-9(13)7-15-17(11)5/h7-8,10,16H,6,14H2,1-5H3. The van der Waals surface area contributed by atoms with E-state index in [0.717, 1.165) is 12.1 Å². The Morgan fingerprint density at radius 2 is 2.12 bits per heavy atom. The number of aryl methyl sites for hydroxylation is 1. The minimum absolute atomic E-state index is 0.0317. The lowest BCUT2D eigenvalue weighted by Gasteiger charge is -2.30. The van der Waals surface area contributed by atoms with Crippen LogP contribution in [0.5, 0.6) is 0 Å². The first-order valence-electron chi connectivity index (χ1n) is 5.91. The van der Waals surface area contributed by atoms with Crippen molar-refractivity contribution in [3.63, 3.8) is 0 Å². The Morgan fingerprint density at radius 1 is 1.53 bits per heavy atom. The predicted molar refractivity (Wildman–Crippen MR) is 71.5 cm³/mol. The van der Waals surface area contributed by atoms with Crippen molar-refractivity contribution in [2.45, 2.75) is 40.2 Å². The van der Waals surface area contributed by atoms with Gasteiger partial charge in [-0.1, -0.05) is 39.3 Å². The zero-order chi connectivity index (χ0) is 13.2. The molecule has 1 rings (SSSR count). The van der Waals surface area contributed by atoms with E-state index in [2.05, 4.69) is 38.2 Å². The molecule has 0 spiro atoms. The van der Waals surface area contributed by atoms with Gasteiger partial charge in [0.1, 0.15) is 0 Å². The molecule has 2 unspecified atom stereocenters. The van der Waals surface area contributed by atoms with Crippen LogP contribution in [0.3, 0.4) is 0 Å². The summed E-state index contributed by atoms with van der Waals surface area (Å²) >= 11 is 6.14. The number of hydrogen-bond acceptors (Lipinski definition) is 3. The highest BCUT2D eigenvalue weighted by Crippen LogP contribution is 2.34. The van der Waals surface area contributed by atoms with E-state index in [-0.39, 0.29) is 11.5 Å². The topological polar surface area (TPSA) is 55.9 Å². The molecule has 5 heteroatoms. The average Bonchev–Trinajstić information content (AvgIpc) is 2.54. The first-order valence-corrected chi connectivity index (χ1v) is 6.28. The third kappa shape index (κ3) is 3.44. The van der Waals surface area contributed by atoms with Gasteiger partial charge in [0.05, 0.1) is 23.0 Å². The van der Waals surface area contributed by atoms with Gasteiger partial charge in [-0.15, -0.1) is 0 Å². The second kappa shape index (κ2) is 5.38. The number of hydrazine groups is 1. The number of halogens is 1. The van der Waals surface area contributed by atoms with Gasteiger partial charge >= 0.3 is 0 Å². The van der Waals surface area contributed by atoms with Crippen LogP contribution < -0.4 is 11.3 Å². The predicted octanol–water partition coefficient (Wildman–Crippen LogP) is 2.65. The summed E-state index contributed by atoms with van der Waals surface area (Å²) in [5.41, 5.74) is 4.04. The summed E-state index contributed by atoms with van der Waals surface area (Å²) in [5, 5.41) is 4.81. The van der Waals surface area contributed by atoms with Crippen molar-refractivity contribution < 1.29 is 0 Å². The third-order valence-electron chi connectivity index (χ3n) is 3.54. The first-order chi connectivity index (χ1) is 7.77. The van der Waals surface area contributed by atoms with E-state index in [9.17, 15) is 0 Å². The Hall–Kier alpha value is -0.580. The normalized spacial score (nSPS) is 15.9. The minimum Gasteiger partial charge on any atom is -0.271 e. The summed E-state index contributed by atoms with van der Waals surface area (Å²) in [7, 11) is 1.88. The highest BCUT2D eigenvalue weighted by atomic mass is 35.5. The van der Waals surface area contributed by atoms with Gasteiger partial charge in [-0.05, 0) is 17.8 Å². The molecule has 4 nitrogen and oxygen atoms in total. The molecule has 1 aromatic rings. The lowest BCUT2D eigenvalue weighted by molar-refractivity contribution is 0.221. The van der Waals surface area contributed by atoms with Gasteiger partial charge in [0.2, 0.25) is 0 Å². The summed E-state index contributed by atoms with van der Waals surface area (Å²) in [6.45, 7) is 8.93.